The van der Waals surface area contributed by atoms with Crippen molar-refractivity contribution in [1.82, 2.24) is 9.78 Å². The lowest BCUT2D eigenvalue weighted by atomic mass is 10.2. The van der Waals surface area contributed by atoms with Gasteiger partial charge in [-0.2, -0.15) is 18.3 Å². The largest absolute Gasteiger partial charge is 0.433 e. The van der Waals surface area contributed by atoms with Crippen LogP contribution in [0.2, 0.25) is 0 Å². The topological polar surface area (TPSA) is 78.0 Å². The summed E-state index contributed by atoms with van der Waals surface area (Å²) in [6.45, 7) is 0. The molecule has 0 fully saturated rings. The summed E-state index contributed by atoms with van der Waals surface area (Å²) in [6.07, 6.45) is -4.56. The summed E-state index contributed by atoms with van der Waals surface area (Å²) >= 11 is 0.830. The first-order chi connectivity index (χ1) is 8.60. The number of nitrogens with two attached hydrogens (primary N) is 1. The molecule has 0 bridgehead atoms. The molecule has 2 heterocycles. The Morgan fingerprint density at radius 2 is 2.05 bits per heavy atom. The van der Waals surface area contributed by atoms with Gasteiger partial charge in [0.1, 0.15) is 9.90 Å². The highest BCUT2D eigenvalue weighted by molar-refractivity contribution is 7.91. The molecule has 0 spiro atoms. The zero-order valence-corrected chi connectivity index (χ0v) is 11.1. The summed E-state index contributed by atoms with van der Waals surface area (Å²) in [7, 11) is -2.86. The average Bonchev–Trinajstić information content (AvgIpc) is 2.79. The fourth-order valence-corrected chi connectivity index (χ4v) is 3.38. The molecule has 0 saturated heterocycles. The summed E-state index contributed by atoms with van der Waals surface area (Å²) in [5.74, 6) is 0. The Hall–Kier alpha value is -1.39. The number of aryl methyl sites for hydroxylation is 1. The molecule has 0 aliphatic carbocycles. The van der Waals surface area contributed by atoms with Gasteiger partial charge in [-0.1, -0.05) is 0 Å². The van der Waals surface area contributed by atoms with E-state index in [9.17, 15) is 21.6 Å². The predicted octanol–water partition coefficient (Wildman–Crippen LogP) is 1.81. The molecular formula is C9H8F3N3O2S2. The van der Waals surface area contributed by atoms with E-state index >= 15 is 0 Å². The van der Waals surface area contributed by atoms with Crippen molar-refractivity contribution < 1.29 is 21.6 Å². The SMILES string of the molecule is Cn1nc(-c2ccsc2S(N)(=O)=O)cc1C(F)(F)F. The zero-order valence-electron chi connectivity index (χ0n) is 9.47. The van der Waals surface area contributed by atoms with Crippen LogP contribution in [0, 0.1) is 0 Å². The number of hydrogen-bond donors (Lipinski definition) is 1. The van der Waals surface area contributed by atoms with Gasteiger partial charge >= 0.3 is 6.18 Å². The molecule has 2 aromatic rings. The van der Waals surface area contributed by atoms with Crippen LogP contribution in [0.5, 0.6) is 0 Å². The summed E-state index contributed by atoms with van der Waals surface area (Å²) in [5.41, 5.74) is -0.979. The van der Waals surface area contributed by atoms with Crippen LogP contribution in [0.15, 0.2) is 21.7 Å². The third kappa shape index (κ3) is 2.65. The number of primary sulfonamides is 1. The Morgan fingerprint density at radius 3 is 2.53 bits per heavy atom. The van der Waals surface area contributed by atoms with E-state index in [1.807, 2.05) is 0 Å². The van der Waals surface area contributed by atoms with E-state index in [-0.39, 0.29) is 15.5 Å². The fraction of sp³-hybridized carbons (Fsp3) is 0.222. The molecule has 0 atom stereocenters. The molecule has 0 saturated carbocycles. The summed E-state index contributed by atoms with van der Waals surface area (Å²) in [4.78, 5) is 0. The first-order valence-corrected chi connectivity index (χ1v) is 7.25. The van der Waals surface area contributed by atoms with Crippen molar-refractivity contribution in [2.45, 2.75) is 10.4 Å². The normalized spacial score (nSPS) is 12.9. The van der Waals surface area contributed by atoms with Gasteiger partial charge in [0.2, 0.25) is 10.0 Å². The molecule has 0 radical (unpaired) electrons. The van der Waals surface area contributed by atoms with Gasteiger partial charge in [-0.15, -0.1) is 11.3 Å². The number of aromatic nitrogens is 2. The maximum atomic E-state index is 12.6. The van der Waals surface area contributed by atoms with Gasteiger partial charge in [-0.25, -0.2) is 13.6 Å². The van der Waals surface area contributed by atoms with Crippen molar-refractivity contribution in [3.63, 3.8) is 0 Å². The molecule has 104 valence electrons. The zero-order chi connectivity index (χ0) is 14.4. The first kappa shape index (κ1) is 14.0. The lowest BCUT2D eigenvalue weighted by molar-refractivity contribution is -0.143. The van der Waals surface area contributed by atoms with Crippen LogP contribution in [0.3, 0.4) is 0 Å². The second-order valence-electron chi connectivity index (χ2n) is 3.70. The number of halogens is 3. The van der Waals surface area contributed by atoms with Crippen LogP contribution in [0.25, 0.3) is 11.3 Å². The van der Waals surface area contributed by atoms with Crippen LogP contribution in [0.1, 0.15) is 5.69 Å². The van der Waals surface area contributed by atoms with E-state index in [1.165, 1.54) is 11.4 Å². The Balaban J connectivity index is 2.60. The summed E-state index contributed by atoms with van der Waals surface area (Å²) in [6, 6.07) is 2.16. The number of alkyl halides is 3. The van der Waals surface area contributed by atoms with Gasteiger partial charge in [-0.3, -0.25) is 4.68 Å². The minimum absolute atomic E-state index is 0.0681. The molecule has 2 aromatic heterocycles. The molecule has 0 aromatic carbocycles. The highest BCUT2D eigenvalue weighted by Crippen LogP contribution is 2.35. The Morgan fingerprint density at radius 1 is 1.42 bits per heavy atom. The van der Waals surface area contributed by atoms with Gasteiger partial charge in [0.15, 0.2) is 0 Å². The van der Waals surface area contributed by atoms with Gasteiger partial charge in [-0.05, 0) is 17.5 Å². The van der Waals surface area contributed by atoms with Crippen LogP contribution in [-0.2, 0) is 23.2 Å². The van der Waals surface area contributed by atoms with Crippen molar-refractivity contribution in [2.24, 2.45) is 12.2 Å². The maximum Gasteiger partial charge on any atom is 0.433 e. The minimum atomic E-state index is -4.56. The Labute approximate surface area is 110 Å². The summed E-state index contributed by atoms with van der Waals surface area (Å²) in [5, 5.41) is 10.1. The monoisotopic (exact) mass is 311 g/mol. The van der Waals surface area contributed by atoms with Crippen molar-refractivity contribution in [3.8, 4) is 11.3 Å². The standard InChI is InChI=1S/C9H8F3N3O2S2/c1-15-7(9(10,11)12)4-6(14-15)5-2-3-18-8(5)19(13,16)17/h2-4H,1H3,(H2,13,16,17). The number of hydrogen-bond acceptors (Lipinski definition) is 4. The molecule has 10 heteroatoms. The Kier molecular flexibility index (Phi) is 3.19. The number of thiophene rings is 1. The number of rotatable bonds is 2. The number of sulfonamides is 1. The van der Waals surface area contributed by atoms with Crippen molar-refractivity contribution in [2.75, 3.05) is 0 Å². The third-order valence-corrected chi connectivity index (χ3v) is 4.76. The van der Waals surface area contributed by atoms with Gasteiger partial charge in [0.25, 0.3) is 0 Å². The second kappa shape index (κ2) is 4.32. The highest BCUT2D eigenvalue weighted by Gasteiger charge is 2.35. The van der Waals surface area contributed by atoms with Crippen LogP contribution in [0.4, 0.5) is 13.2 Å². The van der Waals surface area contributed by atoms with E-state index in [4.69, 9.17) is 5.14 Å². The van der Waals surface area contributed by atoms with Crippen LogP contribution in [-0.4, -0.2) is 18.2 Å². The Bertz CT molecular complexity index is 715. The fourth-order valence-electron chi connectivity index (χ4n) is 1.57. The van der Waals surface area contributed by atoms with E-state index < -0.39 is 21.9 Å². The summed E-state index contributed by atoms with van der Waals surface area (Å²) < 4.78 is 61.0. The van der Waals surface area contributed by atoms with Crippen LogP contribution >= 0.6 is 11.3 Å². The number of nitrogens with zero attached hydrogens (tertiary/aromatic N) is 2. The van der Waals surface area contributed by atoms with E-state index in [0.29, 0.717) is 4.68 Å². The smallest absolute Gasteiger partial charge is 0.263 e. The molecule has 0 aliphatic heterocycles. The van der Waals surface area contributed by atoms with Crippen LogP contribution < -0.4 is 5.14 Å². The van der Waals surface area contributed by atoms with Gasteiger partial charge in [0, 0.05) is 12.6 Å². The van der Waals surface area contributed by atoms with E-state index in [1.54, 1.807) is 0 Å². The lowest BCUT2D eigenvalue weighted by Crippen LogP contribution is -2.11. The lowest BCUT2D eigenvalue weighted by Gasteiger charge is -2.04. The highest BCUT2D eigenvalue weighted by atomic mass is 32.2. The third-order valence-electron chi connectivity index (χ3n) is 2.33. The second-order valence-corrected chi connectivity index (χ2v) is 6.38. The average molecular weight is 311 g/mol. The molecule has 2 rings (SSSR count). The molecule has 19 heavy (non-hydrogen) atoms. The van der Waals surface area contributed by atoms with E-state index in [2.05, 4.69) is 5.10 Å². The predicted molar refractivity (Wildman–Crippen MR) is 62.9 cm³/mol. The molecule has 0 unspecified atom stereocenters. The van der Waals surface area contributed by atoms with E-state index in [0.717, 1.165) is 24.5 Å². The maximum absolute atomic E-state index is 12.6. The minimum Gasteiger partial charge on any atom is -0.263 e. The molecule has 0 amide bonds. The quantitative estimate of drug-likeness (QED) is 0.919. The van der Waals surface area contributed by atoms with Gasteiger partial charge < -0.3 is 0 Å². The molecule has 0 aliphatic rings. The molecule has 2 N–H and O–H groups in total. The van der Waals surface area contributed by atoms with Crippen molar-refractivity contribution >= 4 is 21.4 Å². The van der Waals surface area contributed by atoms with Crippen molar-refractivity contribution in [1.29, 1.82) is 0 Å². The van der Waals surface area contributed by atoms with Gasteiger partial charge in [0.05, 0.1) is 5.69 Å². The molecular weight excluding hydrogens is 303 g/mol. The van der Waals surface area contributed by atoms with Crippen molar-refractivity contribution in [3.05, 3.63) is 23.2 Å². The molecule has 5 nitrogen and oxygen atoms in total. The first-order valence-electron chi connectivity index (χ1n) is 4.82.